The van der Waals surface area contributed by atoms with Gasteiger partial charge in [0.25, 0.3) is 0 Å². The summed E-state index contributed by atoms with van der Waals surface area (Å²) in [6.45, 7) is 0. The fourth-order valence-corrected chi connectivity index (χ4v) is 2.02. The number of hydrogen-bond donors (Lipinski definition) is 1. The standard InChI is InChI=1S/C8H8Cl2N2O/c9-7-5-3-4(13)1-2-6(5)11-8(10)12-7/h4,13H,1-3H2. The summed E-state index contributed by atoms with van der Waals surface area (Å²) < 4.78 is 0. The molecule has 2 rings (SSSR count). The molecule has 1 aromatic rings. The third kappa shape index (κ3) is 1.77. The molecule has 0 spiro atoms. The van der Waals surface area contributed by atoms with Crippen molar-refractivity contribution in [2.24, 2.45) is 0 Å². The van der Waals surface area contributed by atoms with Crippen molar-refractivity contribution < 1.29 is 5.11 Å². The number of fused-ring (bicyclic) bond motifs is 1. The van der Waals surface area contributed by atoms with E-state index in [1.54, 1.807) is 0 Å². The van der Waals surface area contributed by atoms with Gasteiger partial charge >= 0.3 is 0 Å². The predicted octanol–water partition coefficient (Wildman–Crippen LogP) is 1.63. The molecule has 1 N–H and O–H groups in total. The molecular weight excluding hydrogens is 211 g/mol. The van der Waals surface area contributed by atoms with Crippen molar-refractivity contribution in [2.75, 3.05) is 0 Å². The average molecular weight is 219 g/mol. The molecule has 0 amide bonds. The largest absolute Gasteiger partial charge is 0.393 e. The maximum absolute atomic E-state index is 9.40. The minimum absolute atomic E-state index is 0.181. The van der Waals surface area contributed by atoms with Gasteiger partial charge in [0.2, 0.25) is 5.28 Å². The van der Waals surface area contributed by atoms with Crippen LogP contribution in [0, 0.1) is 0 Å². The highest BCUT2D eigenvalue weighted by Gasteiger charge is 2.21. The van der Waals surface area contributed by atoms with E-state index in [2.05, 4.69) is 9.97 Å². The molecule has 0 aliphatic heterocycles. The monoisotopic (exact) mass is 218 g/mol. The molecule has 0 fully saturated rings. The van der Waals surface area contributed by atoms with Crippen molar-refractivity contribution in [3.05, 3.63) is 21.7 Å². The summed E-state index contributed by atoms with van der Waals surface area (Å²) in [6.07, 6.45) is 1.65. The lowest BCUT2D eigenvalue weighted by molar-refractivity contribution is 0.157. The maximum Gasteiger partial charge on any atom is 0.224 e. The molecule has 1 heterocycles. The predicted molar refractivity (Wildman–Crippen MR) is 50.1 cm³/mol. The van der Waals surface area contributed by atoms with Gasteiger partial charge in [0.1, 0.15) is 5.15 Å². The Balaban J connectivity index is 2.47. The van der Waals surface area contributed by atoms with Crippen LogP contribution in [0.1, 0.15) is 17.7 Å². The smallest absolute Gasteiger partial charge is 0.224 e. The Hall–Kier alpha value is -0.380. The zero-order valence-electron chi connectivity index (χ0n) is 6.80. The van der Waals surface area contributed by atoms with Crippen LogP contribution in [0.3, 0.4) is 0 Å². The van der Waals surface area contributed by atoms with E-state index in [1.807, 2.05) is 0 Å². The molecule has 5 heteroatoms. The van der Waals surface area contributed by atoms with Crippen LogP contribution in [-0.2, 0) is 12.8 Å². The molecule has 0 radical (unpaired) electrons. The molecule has 1 atom stereocenters. The van der Waals surface area contributed by atoms with Crippen LogP contribution in [0.4, 0.5) is 0 Å². The van der Waals surface area contributed by atoms with Gasteiger partial charge in [0.05, 0.1) is 11.8 Å². The fourth-order valence-electron chi connectivity index (χ4n) is 1.52. The summed E-state index contributed by atoms with van der Waals surface area (Å²) >= 11 is 11.5. The summed E-state index contributed by atoms with van der Waals surface area (Å²) in [6, 6.07) is 0. The number of rotatable bonds is 0. The van der Waals surface area contributed by atoms with Gasteiger partial charge in [-0.15, -0.1) is 0 Å². The second-order valence-corrected chi connectivity index (χ2v) is 3.80. The first-order valence-electron chi connectivity index (χ1n) is 4.05. The normalized spacial score (nSPS) is 21.3. The van der Waals surface area contributed by atoms with E-state index < -0.39 is 0 Å². The molecule has 0 saturated carbocycles. The Bertz CT molecular complexity index is 343. The summed E-state index contributed by atoms with van der Waals surface area (Å²) in [5.74, 6) is 0. The van der Waals surface area contributed by atoms with Gasteiger partial charge in [-0.05, 0) is 24.4 Å². The lowest BCUT2D eigenvalue weighted by Gasteiger charge is -2.19. The van der Waals surface area contributed by atoms with Crippen LogP contribution >= 0.6 is 23.2 Å². The summed E-state index contributed by atoms with van der Waals surface area (Å²) in [7, 11) is 0. The van der Waals surface area contributed by atoms with Crippen molar-refractivity contribution >= 4 is 23.2 Å². The summed E-state index contributed by atoms with van der Waals surface area (Å²) in [5, 5.41) is 9.95. The van der Waals surface area contributed by atoms with Crippen molar-refractivity contribution in [1.29, 1.82) is 0 Å². The maximum atomic E-state index is 9.40. The van der Waals surface area contributed by atoms with Crippen LogP contribution in [0.25, 0.3) is 0 Å². The summed E-state index contributed by atoms with van der Waals surface area (Å²) in [5.41, 5.74) is 1.71. The minimum Gasteiger partial charge on any atom is -0.393 e. The third-order valence-electron chi connectivity index (χ3n) is 2.17. The molecule has 1 aliphatic carbocycles. The zero-order valence-corrected chi connectivity index (χ0v) is 8.31. The van der Waals surface area contributed by atoms with E-state index in [1.165, 1.54) is 0 Å². The van der Waals surface area contributed by atoms with E-state index in [-0.39, 0.29) is 11.4 Å². The lowest BCUT2D eigenvalue weighted by atomic mass is 9.95. The topological polar surface area (TPSA) is 46.0 Å². The number of aliphatic hydroxyl groups is 1. The van der Waals surface area contributed by atoms with E-state index in [0.717, 1.165) is 24.1 Å². The Labute approximate surface area is 85.7 Å². The van der Waals surface area contributed by atoms with E-state index in [4.69, 9.17) is 23.2 Å². The molecule has 0 aromatic carbocycles. The van der Waals surface area contributed by atoms with Gasteiger partial charge in [-0.1, -0.05) is 11.6 Å². The van der Waals surface area contributed by atoms with Gasteiger partial charge in [0.15, 0.2) is 0 Å². The molecular formula is C8H8Cl2N2O. The Morgan fingerprint density at radius 1 is 1.31 bits per heavy atom. The van der Waals surface area contributed by atoms with Gasteiger partial charge in [-0.3, -0.25) is 0 Å². The number of aliphatic hydroxyl groups excluding tert-OH is 1. The highest BCUT2D eigenvalue weighted by atomic mass is 35.5. The lowest BCUT2D eigenvalue weighted by Crippen LogP contribution is -2.20. The quantitative estimate of drug-likeness (QED) is 0.532. The Morgan fingerprint density at radius 2 is 2.08 bits per heavy atom. The molecule has 3 nitrogen and oxygen atoms in total. The second-order valence-electron chi connectivity index (χ2n) is 3.11. The number of aryl methyl sites for hydroxylation is 1. The highest BCUT2D eigenvalue weighted by Crippen LogP contribution is 2.26. The number of nitrogens with zero attached hydrogens (tertiary/aromatic N) is 2. The first-order chi connectivity index (χ1) is 6.16. The molecule has 0 saturated heterocycles. The van der Waals surface area contributed by atoms with Crippen molar-refractivity contribution in [3.8, 4) is 0 Å². The van der Waals surface area contributed by atoms with Gasteiger partial charge in [-0.2, -0.15) is 0 Å². The van der Waals surface area contributed by atoms with E-state index >= 15 is 0 Å². The fraction of sp³-hybridized carbons (Fsp3) is 0.500. The Morgan fingerprint density at radius 3 is 2.85 bits per heavy atom. The number of halogens is 2. The molecule has 1 aromatic heterocycles. The highest BCUT2D eigenvalue weighted by molar-refractivity contribution is 6.32. The molecule has 70 valence electrons. The molecule has 0 bridgehead atoms. The first-order valence-corrected chi connectivity index (χ1v) is 4.81. The van der Waals surface area contributed by atoms with Gasteiger partial charge in [-0.25, -0.2) is 9.97 Å². The zero-order chi connectivity index (χ0) is 9.42. The molecule has 13 heavy (non-hydrogen) atoms. The first kappa shape index (κ1) is 9.19. The van der Waals surface area contributed by atoms with Crippen LogP contribution < -0.4 is 0 Å². The number of aromatic nitrogens is 2. The SMILES string of the molecule is OC1CCc2nc(Cl)nc(Cl)c2C1. The molecule has 1 unspecified atom stereocenters. The number of hydrogen-bond acceptors (Lipinski definition) is 3. The van der Waals surface area contributed by atoms with Gasteiger partial charge in [0, 0.05) is 12.0 Å². The second kappa shape index (κ2) is 3.40. The average Bonchev–Trinajstić information content (AvgIpc) is 2.06. The van der Waals surface area contributed by atoms with Crippen molar-refractivity contribution in [2.45, 2.75) is 25.4 Å². The van der Waals surface area contributed by atoms with Gasteiger partial charge < -0.3 is 5.11 Å². The van der Waals surface area contributed by atoms with E-state index in [9.17, 15) is 5.11 Å². The van der Waals surface area contributed by atoms with Crippen molar-refractivity contribution in [1.82, 2.24) is 9.97 Å². The van der Waals surface area contributed by atoms with Crippen LogP contribution in [0.5, 0.6) is 0 Å². The van der Waals surface area contributed by atoms with E-state index in [0.29, 0.717) is 11.6 Å². The van der Waals surface area contributed by atoms with Crippen molar-refractivity contribution in [3.63, 3.8) is 0 Å². The molecule has 1 aliphatic rings. The third-order valence-corrected chi connectivity index (χ3v) is 2.65. The van der Waals surface area contributed by atoms with Crippen LogP contribution in [-0.4, -0.2) is 21.2 Å². The summed E-state index contributed by atoms with van der Waals surface area (Å²) in [4.78, 5) is 7.90. The Kier molecular flexibility index (Phi) is 2.41. The van der Waals surface area contributed by atoms with Crippen LogP contribution in [0.15, 0.2) is 0 Å². The minimum atomic E-state index is -0.324. The van der Waals surface area contributed by atoms with Crippen LogP contribution in [0.2, 0.25) is 10.4 Å².